The monoisotopic (exact) mass is 282 g/mol. The number of aromatic nitrogens is 5. The number of nitrogens with two attached hydrogens (primary N) is 1. The van der Waals surface area contributed by atoms with Gasteiger partial charge in [-0.1, -0.05) is 0 Å². The molecular weight excluding hydrogens is 272 g/mol. The molecule has 1 amide bonds. The Balaban J connectivity index is 2.37. The van der Waals surface area contributed by atoms with Crippen LogP contribution in [0.1, 0.15) is 24.3 Å². The summed E-state index contributed by atoms with van der Waals surface area (Å²) in [6, 6.07) is 1.53. The van der Waals surface area contributed by atoms with E-state index in [2.05, 4.69) is 20.1 Å². The van der Waals surface area contributed by atoms with E-state index < -0.39 is 5.91 Å². The Morgan fingerprint density at radius 2 is 2.16 bits per heavy atom. The summed E-state index contributed by atoms with van der Waals surface area (Å²) in [4.78, 5) is 22.7. The number of nitrogens with zero attached hydrogens (tertiary/aromatic N) is 5. The van der Waals surface area contributed by atoms with Gasteiger partial charge in [0.1, 0.15) is 5.69 Å². The Labute approximate surface area is 113 Å². The van der Waals surface area contributed by atoms with Crippen LogP contribution in [0.2, 0.25) is 5.28 Å². The van der Waals surface area contributed by atoms with Crippen LogP contribution < -0.4 is 10.5 Å². The Morgan fingerprint density at radius 3 is 2.74 bits per heavy atom. The summed E-state index contributed by atoms with van der Waals surface area (Å²) in [5, 5.41) is 3.89. The van der Waals surface area contributed by atoms with E-state index in [1.165, 1.54) is 16.9 Å². The fourth-order valence-corrected chi connectivity index (χ4v) is 1.40. The zero-order chi connectivity index (χ0) is 14.0. The number of hydrogen-bond donors (Lipinski definition) is 1. The number of halogens is 1. The fraction of sp³-hybridized carbons (Fsp3) is 0.300. The molecule has 0 aromatic carbocycles. The van der Waals surface area contributed by atoms with E-state index in [1.54, 1.807) is 0 Å². The zero-order valence-corrected chi connectivity index (χ0v) is 11.0. The van der Waals surface area contributed by atoms with Crippen molar-refractivity contribution in [2.24, 2.45) is 5.73 Å². The highest BCUT2D eigenvalue weighted by atomic mass is 35.5. The predicted molar refractivity (Wildman–Crippen MR) is 66.2 cm³/mol. The molecule has 0 saturated heterocycles. The van der Waals surface area contributed by atoms with Gasteiger partial charge in [0, 0.05) is 6.20 Å². The molecule has 100 valence electrons. The second kappa shape index (κ2) is 5.19. The Bertz CT molecular complexity index is 612. The van der Waals surface area contributed by atoms with Crippen molar-refractivity contribution in [2.75, 3.05) is 0 Å². The van der Waals surface area contributed by atoms with Crippen molar-refractivity contribution in [3.63, 3.8) is 0 Å². The highest BCUT2D eigenvalue weighted by molar-refractivity contribution is 6.28. The molecular formula is C10H11ClN6O2. The molecule has 2 N–H and O–H groups in total. The van der Waals surface area contributed by atoms with Gasteiger partial charge in [0.05, 0.1) is 6.10 Å². The van der Waals surface area contributed by atoms with Crippen LogP contribution in [0.15, 0.2) is 12.3 Å². The normalized spacial score (nSPS) is 10.7. The van der Waals surface area contributed by atoms with Crippen LogP contribution in [0.4, 0.5) is 0 Å². The van der Waals surface area contributed by atoms with Crippen molar-refractivity contribution in [2.45, 2.75) is 20.0 Å². The van der Waals surface area contributed by atoms with Gasteiger partial charge in [-0.3, -0.25) is 4.79 Å². The molecule has 0 bridgehead atoms. The molecule has 2 heterocycles. The van der Waals surface area contributed by atoms with Gasteiger partial charge in [0.25, 0.3) is 11.9 Å². The number of amides is 1. The minimum atomic E-state index is -0.641. The molecule has 8 nitrogen and oxygen atoms in total. The second-order valence-electron chi connectivity index (χ2n) is 3.86. The van der Waals surface area contributed by atoms with Gasteiger partial charge in [0.15, 0.2) is 0 Å². The SMILES string of the molecule is CC(C)Oc1nc(Cl)nc(-n2ccc(C(N)=O)n2)n1. The van der Waals surface area contributed by atoms with Crippen LogP contribution in [-0.2, 0) is 0 Å². The maximum Gasteiger partial charge on any atom is 0.322 e. The lowest BCUT2D eigenvalue weighted by atomic mass is 10.4. The molecule has 2 aromatic rings. The van der Waals surface area contributed by atoms with Crippen molar-refractivity contribution in [3.05, 3.63) is 23.2 Å². The third-order valence-electron chi connectivity index (χ3n) is 1.96. The molecule has 0 aliphatic carbocycles. The summed E-state index contributed by atoms with van der Waals surface area (Å²) >= 11 is 5.78. The first kappa shape index (κ1) is 13.2. The maximum atomic E-state index is 11.0. The molecule has 0 aliphatic heterocycles. The minimum Gasteiger partial charge on any atom is -0.461 e. The number of carbonyl (C=O) groups excluding carboxylic acids is 1. The van der Waals surface area contributed by atoms with E-state index in [0.717, 1.165) is 0 Å². The quantitative estimate of drug-likeness (QED) is 0.879. The maximum absolute atomic E-state index is 11.0. The summed E-state index contributed by atoms with van der Waals surface area (Å²) < 4.78 is 6.60. The van der Waals surface area contributed by atoms with Crippen molar-refractivity contribution >= 4 is 17.5 Å². The summed E-state index contributed by atoms with van der Waals surface area (Å²) in [5.74, 6) is -0.499. The lowest BCUT2D eigenvalue weighted by Crippen LogP contribution is -2.14. The van der Waals surface area contributed by atoms with Gasteiger partial charge in [-0.15, -0.1) is 0 Å². The molecule has 0 unspecified atom stereocenters. The lowest BCUT2D eigenvalue weighted by Gasteiger charge is -2.08. The van der Waals surface area contributed by atoms with E-state index in [-0.39, 0.29) is 29.0 Å². The third kappa shape index (κ3) is 3.16. The Hall–Kier alpha value is -2.22. The molecule has 0 saturated carbocycles. The van der Waals surface area contributed by atoms with E-state index in [4.69, 9.17) is 22.1 Å². The molecule has 9 heteroatoms. The number of carbonyl (C=O) groups is 1. The number of ether oxygens (including phenoxy) is 1. The summed E-state index contributed by atoms with van der Waals surface area (Å²) in [5.41, 5.74) is 5.21. The van der Waals surface area contributed by atoms with E-state index in [1.807, 2.05) is 13.8 Å². The molecule has 2 rings (SSSR count). The van der Waals surface area contributed by atoms with Crippen molar-refractivity contribution < 1.29 is 9.53 Å². The van der Waals surface area contributed by atoms with Gasteiger partial charge in [-0.05, 0) is 31.5 Å². The van der Waals surface area contributed by atoms with Gasteiger partial charge >= 0.3 is 6.01 Å². The highest BCUT2D eigenvalue weighted by Gasteiger charge is 2.12. The molecule has 0 radical (unpaired) electrons. The van der Waals surface area contributed by atoms with Gasteiger partial charge < -0.3 is 10.5 Å². The van der Waals surface area contributed by atoms with Crippen LogP contribution in [0.3, 0.4) is 0 Å². The van der Waals surface area contributed by atoms with Crippen molar-refractivity contribution in [1.29, 1.82) is 0 Å². The number of rotatable bonds is 4. The Kier molecular flexibility index (Phi) is 3.61. The first-order chi connectivity index (χ1) is 8.95. The lowest BCUT2D eigenvalue weighted by molar-refractivity contribution is 0.0995. The molecule has 0 atom stereocenters. The topological polar surface area (TPSA) is 109 Å². The van der Waals surface area contributed by atoms with Crippen LogP contribution in [0.5, 0.6) is 6.01 Å². The first-order valence-corrected chi connectivity index (χ1v) is 5.77. The van der Waals surface area contributed by atoms with E-state index in [9.17, 15) is 4.79 Å². The van der Waals surface area contributed by atoms with Gasteiger partial charge in [0.2, 0.25) is 5.28 Å². The first-order valence-electron chi connectivity index (χ1n) is 5.40. The van der Waals surface area contributed by atoms with E-state index in [0.29, 0.717) is 0 Å². The van der Waals surface area contributed by atoms with Gasteiger partial charge in [-0.2, -0.15) is 20.1 Å². The average Bonchev–Trinajstić information content (AvgIpc) is 2.76. The van der Waals surface area contributed by atoms with E-state index >= 15 is 0 Å². The molecule has 2 aromatic heterocycles. The summed E-state index contributed by atoms with van der Waals surface area (Å²) in [6.07, 6.45) is 1.38. The zero-order valence-electron chi connectivity index (χ0n) is 10.2. The van der Waals surface area contributed by atoms with Crippen LogP contribution in [0.25, 0.3) is 5.95 Å². The van der Waals surface area contributed by atoms with Crippen molar-refractivity contribution in [3.8, 4) is 12.0 Å². The van der Waals surface area contributed by atoms with Crippen molar-refractivity contribution in [1.82, 2.24) is 24.7 Å². The number of hydrogen-bond acceptors (Lipinski definition) is 6. The third-order valence-corrected chi connectivity index (χ3v) is 2.13. The fourth-order valence-electron chi connectivity index (χ4n) is 1.25. The second-order valence-corrected chi connectivity index (χ2v) is 4.20. The molecule has 0 aliphatic rings. The molecule has 0 spiro atoms. The minimum absolute atomic E-state index is 0.0308. The van der Waals surface area contributed by atoms with Gasteiger partial charge in [-0.25, -0.2) is 4.68 Å². The highest BCUT2D eigenvalue weighted by Crippen LogP contribution is 2.12. The largest absolute Gasteiger partial charge is 0.461 e. The number of primary amides is 1. The van der Waals surface area contributed by atoms with Crippen LogP contribution >= 0.6 is 11.6 Å². The van der Waals surface area contributed by atoms with Crippen LogP contribution in [0, 0.1) is 0 Å². The summed E-state index contributed by atoms with van der Waals surface area (Å²) in [6.45, 7) is 3.66. The predicted octanol–water partition coefficient (Wildman–Crippen LogP) is 0.597. The standard InChI is InChI=1S/C10H11ClN6O2/c1-5(2)19-10-14-8(11)13-9(15-10)17-4-3-6(16-17)7(12)18/h3-5H,1-2H3,(H2,12,18). The Morgan fingerprint density at radius 1 is 1.42 bits per heavy atom. The molecule has 19 heavy (non-hydrogen) atoms. The average molecular weight is 283 g/mol. The van der Waals surface area contributed by atoms with Crippen LogP contribution in [-0.4, -0.2) is 36.7 Å². The summed E-state index contributed by atoms with van der Waals surface area (Å²) in [7, 11) is 0. The molecule has 0 fully saturated rings. The smallest absolute Gasteiger partial charge is 0.322 e.